The number of benzene rings is 2. The number of hydrogen-bond donors (Lipinski definition) is 0. The van der Waals surface area contributed by atoms with Crippen molar-refractivity contribution in [2.24, 2.45) is 5.92 Å². The molecular weight excluding hydrogens is 656 g/mol. The van der Waals surface area contributed by atoms with Crippen LogP contribution in [0.15, 0.2) is 42.5 Å². The van der Waals surface area contributed by atoms with Crippen molar-refractivity contribution in [3.8, 4) is 0 Å². The number of sulfone groups is 1. The Morgan fingerprint density at radius 1 is 0.930 bits per heavy atom. The van der Waals surface area contributed by atoms with Crippen LogP contribution in [0.5, 0.6) is 0 Å². The van der Waals surface area contributed by atoms with Gasteiger partial charge >= 0.3 is 18.5 Å². The second-order valence-corrected chi connectivity index (χ2v) is 12.4. The molecule has 2 atom stereocenters. The van der Waals surface area contributed by atoms with Crippen LogP contribution in [0.2, 0.25) is 5.02 Å². The van der Waals surface area contributed by atoms with Crippen molar-refractivity contribution in [1.82, 2.24) is 0 Å². The normalized spacial score (nSPS) is 15.4. The molecule has 0 heterocycles. The van der Waals surface area contributed by atoms with E-state index in [2.05, 4.69) is 0 Å². The van der Waals surface area contributed by atoms with E-state index in [-0.39, 0.29) is 12.1 Å². The van der Waals surface area contributed by atoms with Crippen LogP contribution >= 0.6 is 11.6 Å². The van der Waals surface area contributed by atoms with Crippen molar-refractivity contribution in [3.05, 3.63) is 75.3 Å². The molecule has 17 heteroatoms. The molecule has 0 radical (unpaired) electrons. The molecule has 1 unspecified atom stereocenters. The van der Waals surface area contributed by atoms with E-state index in [1.807, 2.05) is 0 Å². The molecule has 43 heavy (non-hydrogen) atoms. The maximum atomic E-state index is 15.0. The maximum Gasteiger partial charge on any atom is 0.417 e. The number of rotatable bonds is 10. The van der Waals surface area contributed by atoms with E-state index in [1.165, 1.54) is 0 Å². The predicted molar refractivity (Wildman–Crippen MR) is 133 cm³/mol. The quantitative estimate of drug-likeness (QED) is 0.186. The third-order valence-corrected chi connectivity index (χ3v) is 7.87. The zero-order valence-corrected chi connectivity index (χ0v) is 23.4. The summed E-state index contributed by atoms with van der Waals surface area (Å²) in [5.74, 6) is -14.6. The maximum absolute atomic E-state index is 15.0. The van der Waals surface area contributed by atoms with Crippen LogP contribution in [0.4, 0.5) is 52.7 Å². The van der Waals surface area contributed by atoms with E-state index < -0.39 is 109 Å². The Kier molecular flexibility index (Phi) is 10.8. The first-order chi connectivity index (χ1) is 19.2. The van der Waals surface area contributed by atoms with Gasteiger partial charge in [0.2, 0.25) is 0 Å². The zero-order valence-electron chi connectivity index (χ0n) is 21.9. The van der Waals surface area contributed by atoms with Crippen molar-refractivity contribution in [1.29, 1.82) is 0 Å². The average molecular weight is 677 g/mol. The Hall–Kier alpha value is -2.75. The van der Waals surface area contributed by atoms with Crippen molar-refractivity contribution in [2.45, 2.75) is 50.6 Å². The Balaban J connectivity index is 2.50. The van der Waals surface area contributed by atoms with Gasteiger partial charge in [-0.3, -0.25) is 4.79 Å². The van der Waals surface area contributed by atoms with Gasteiger partial charge < -0.3 is 0 Å². The van der Waals surface area contributed by atoms with Crippen LogP contribution in [0, 0.1) is 5.92 Å². The van der Waals surface area contributed by atoms with Gasteiger partial charge in [-0.2, -0.15) is 39.5 Å². The zero-order chi connectivity index (χ0) is 33.3. The Labute approximate surface area is 242 Å². The largest absolute Gasteiger partial charge is 0.417 e. The van der Waals surface area contributed by atoms with Crippen molar-refractivity contribution in [2.75, 3.05) is 11.5 Å². The summed E-state index contributed by atoms with van der Waals surface area (Å²) in [6.45, 7) is 1.37. The lowest BCUT2D eigenvalue weighted by Crippen LogP contribution is -2.28. The number of alkyl halides is 11. The topological polar surface area (TPSA) is 51.2 Å². The van der Waals surface area contributed by atoms with E-state index in [9.17, 15) is 61.5 Å². The Morgan fingerprint density at radius 3 is 2.00 bits per heavy atom. The minimum atomic E-state index is -5.38. The highest BCUT2D eigenvalue weighted by molar-refractivity contribution is 7.91. The van der Waals surface area contributed by atoms with Gasteiger partial charge in [-0.25, -0.2) is 21.6 Å². The summed E-state index contributed by atoms with van der Waals surface area (Å²) in [6.07, 6.45) is -16.9. The molecule has 0 spiro atoms. The molecule has 0 fully saturated rings. The highest BCUT2D eigenvalue weighted by Crippen LogP contribution is 2.42. The van der Waals surface area contributed by atoms with E-state index in [4.69, 9.17) is 11.6 Å². The molecule has 0 aliphatic rings. The number of carbonyl (C=O) groups is 1. The molecule has 0 saturated heterocycles. The van der Waals surface area contributed by atoms with E-state index >= 15 is 4.39 Å². The molecule has 0 N–H and O–H groups in total. The fraction of sp³-hybridized carbons (Fsp3) is 0.423. The van der Waals surface area contributed by atoms with Crippen molar-refractivity contribution >= 4 is 33.0 Å². The number of halogens is 13. The predicted octanol–water partition coefficient (Wildman–Crippen LogP) is 9.31. The fourth-order valence-electron chi connectivity index (χ4n) is 4.07. The van der Waals surface area contributed by atoms with Crippen molar-refractivity contribution in [3.63, 3.8) is 0 Å². The summed E-state index contributed by atoms with van der Waals surface area (Å²) >= 11 is 5.67. The van der Waals surface area contributed by atoms with E-state index in [0.29, 0.717) is 37.3 Å². The van der Waals surface area contributed by atoms with E-state index in [0.717, 1.165) is 6.92 Å². The van der Waals surface area contributed by atoms with Gasteiger partial charge in [-0.05, 0) is 41.8 Å². The monoisotopic (exact) mass is 676 g/mol. The summed E-state index contributed by atoms with van der Waals surface area (Å²) in [5.41, 5.74) is -5.92. The number of ketones is 1. The number of hydrogen-bond acceptors (Lipinski definition) is 3. The first-order valence-electron chi connectivity index (χ1n) is 11.8. The molecule has 0 amide bonds. The van der Waals surface area contributed by atoms with Crippen LogP contribution in [-0.4, -0.2) is 38.1 Å². The first-order valence-corrected chi connectivity index (χ1v) is 14.0. The first kappa shape index (κ1) is 36.4. The number of allylic oxidation sites excluding steroid dienone is 1. The van der Waals surface area contributed by atoms with Crippen LogP contribution in [0.3, 0.4) is 0 Å². The molecule has 0 aromatic heterocycles. The van der Waals surface area contributed by atoms with Crippen LogP contribution in [0.1, 0.15) is 58.8 Å². The van der Waals surface area contributed by atoms with Crippen LogP contribution in [-0.2, 0) is 21.9 Å². The molecule has 0 aliphatic carbocycles. The summed E-state index contributed by atoms with van der Waals surface area (Å²) in [5, 5.41) is -0.556. The molecule has 0 aliphatic heterocycles. The molecule has 0 bridgehead atoms. The highest BCUT2D eigenvalue weighted by Gasteiger charge is 2.42. The summed E-state index contributed by atoms with van der Waals surface area (Å²) in [6, 6.07) is 2.67. The van der Waals surface area contributed by atoms with Gasteiger partial charge in [0.05, 0.1) is 11.3 Å². The average Bonchev–Trinajstić information content (AvgIpc) is 2.77. The lowest BCUT2D eigenvalue weighted by Gasteiger charge is -2.21. The SMILES string of the molecule is C[C@@H](CC(=O)c1ccc(/C(F)=C/C(c2cc(Cl)cc(C(C)(F)F)c2)C(F)(F)F)cc1C(F)(F)F)CS(=O)(=O)CC(F)(F)F. The lowest BCUT2D eigenvalue weighted by atomic mass is 9.92. The Morgan fingerprint density at radius 2 is 1.51 bits per heavy atom. The molecule has 0 saturated carbocycles. The number of carbonyl (C=O) groups excluding carboxylic acids is 1. The fourth-order valence-corrected chi connectivity index (χ4v) is 5.91. The second kappa shape index (κ2) is 12.7. The molecule has 3 nitrogen and oxygen atoms in total. The minimum Gasteiger partial charge on any atom is -0.294 e. The molecule has 2 rings (SSSR count). The van der Waals surface area contributed by atoms with Gasteiger partial charge in [0.15, 0.2) is 15.6 Å². The molecule has 2 aromatic carbocycles. The number of Topliss-reactive ketones (excluding diaryl/α,β-unsaturated/α-hetero) is 1. The van der Waals surface area contributed by atoms with Gasteiger partial charge in [0, 0.05) is 35.1 Å². The third-order valence-electron chi connectivity index (χ3n) is 5.81. The smallest absolute Gasteiger partial charge is 0.294 e. The van der Waals surface area contributed by atoms with E-state index in [1.54, 1.807) is 0 Å². The van der Waals surface area contributed by atoms with Gasteiger partial charge in [-0.1, -0.05) is 30.7 Å². The van der Waals surface area contributed by atoms with Gasteiger partial charge in [0.25, 0.3) is 5.92 Å². The molecule has 2 aromatic rings. The summed E-state index contributed by atoms with van der Waals surface area (Å²) < 4.78 is 186. The van der Waals surface area contributed by atoms with Crippen LogP contribution in [0.25, 0.3) is 5.83 Å². The minimum absolute atomic E-state index is 0.0150. The summed E-state index contributed by atoms with van der Waals surface area (Å²) in [4.78, 5) is 12.6. The second-order valence-electron chi connectivity index (χ2n) is 9.86. The molecule has 240 valence electrons. The lowest BCUT2D eigenvalue weighted by molar-refractivity contribution is -0.140. The third kappa shape index (κ3) is 10.7. The van der Waals surface area contributed by atoms with Crippen LogP contribution < -0.4 is 0 Å². The summed E-state index contributed by atoms with van der Waals surface area (Å²) in [7, 11) is -4.78. The van der Waals surface area contributed by atoms with Crippen molar-refractivity contribution < 1.29 is 65.9 Å². The van der Waals surface area contributed by atoms with Gasteiger partial charge in [-0.15, -0.1) is 0 Å². The highest BCUT2D eigenvalue weighted by atomic mass is 35.5. The molecular formula is C26H21ClF12O3S. The Bertz CT molecular complexity index is 1470. The van der Waals surface area contributed by atoms with Gasteiger partial charge in [0.1, 0.15) is 17.5 Å². The standard InChI is InChI=1S/C26H21ClF12O3S/c1-13(11-43(41,42)12-24(31,32)33)5-22(40)18-4-3-14(8-20(18)26(37,38)39)21(28)10-19(25(34,35)36)15-6-16(23(2,29)30)9-17(27)7-15/h3-4,6-10,13,19H,5,11-12H2,1-2H3/b21-10-/t13-,19?/m0/s1.